The number of hydrogen-bond acceptors (Lipinski definition) is 4. The molecule has 0 aliphatic carbocycles. The molecule has 2 heterocycles. The topological polar surface area (TPSA) is 65.5 Å². The third kappa shape index (κ3) is 3.93. The molecular weight excluding hydrogens is 290 g/mol. The summed E-state index contributed by atoms with van der Waals surface area (Å²) in [6.45, 7) is 7.94. The number of hydroxylamine groups is 2. The van der Waals surface area contributed by atoms with Crippen LogP contribution in [0.25, 0.3) is 0 Å². The first-order valence-electron chi connectivity index (χ1n) is 6.92. The van der Waals surface area contributed by atoms with Crippen LogP contribution in [0.15, 0.2) is 24.5 Å². The Bertz CT molecular complexity index is 473. The number of amides is 1. The Labute approximate surface area is 132 Å². The minimum absolute atomic E-state index is 0. The van der Waals surface area contributed by atoms with Crippen LogP contribution in [0.3, 0.4) is 0 Å². The third-order valence-corrected chi connectivity index (χ3v) is 3.92. The van der Waals surface area contributed by atoms with Gasteiger partial charge in [-0.2, -0.15) is 5.06 Å². The van der Waals surface area contributed by atoms with E-state index in [0.717, 1.165) is 0 Å². The van der Waals surface area contributed by atoms with Gasteiger partial charge in [-0.1, -0.05) is 0 Å². The Balaban J connectivity index is 0.00000220. The van der Waals surface area contributed by atoms with Gasteiger partial charge in [-0.15, -0.1) is 12.4 Å². The van der Waals surface area contributed by atoms with Gasteiger partial charge in [0.2, 0.25) is 0 Å². The molecule has 1 aliphatic heterocycles. The van der Waals surface area contributed by atoms with E-state index in [1.807, 2.05) is 27.7 Å². The van der Waals surface area contributed by atoms with Gasteiger partial charge in [0.05, 0.1) is 0 Å². The highest BCUT2D eigenvalue weighted by molar-refractivity contribution is 5.94. The molecule has 0 spiro atoms. The molecule has 2 N–H and O–H groups in total. The van der Waals surface area contributed by atoms with Gasteiger partial charge < -0.3 is 10.5 Å². The van der Waals surface area contributed by atoms with E-state index < -0.39 is 0 Å². The quantitative estimate of drug-likeness (QED) is 0.881. The first kappa shape index (κ1) is 17.9. The monoisotopic (exact) mass is 313 g/mol. The molecule has 0 aromatic carbocycles. The molecule has 1 amide bonds. The van der Waals surface area contributed by atoms with Crippen molar-refractivity contribution in [3.05, 3.63) is 30.1 Å². The second-order valence-electron chi connectivity index (χ2n) is 6.75. The van der Waals surface area contributed by atoms with Crippen LogP contribution >= 0.6 is 12.4 Å². The fraction of sp³-hybridized carbons (Fsp3) is 0.600. The third-order valence-electron chi connectivity index (χ3n) is 3.92. The highest BCUT2D eigenvalue weighted by Crippen LogP contribution is 2.36. The van der Waals surface area contributed by atoms with E-state index in [0.29, 0.717) is 18.4 Å². The van der Waals surface area contributed by atoms with Gasteiger partial charge in [-0.25, -0.2) is 0 Å². The summed E-state index contributed by atoms with van der Waals surface area (Å²) >= 11 is 0. The Morgan fingerprint density at radius 1 is 1.24 bits per heavy atom. The fourth-order valence-corrected chi connectivity index (χ4v) is 3.14. The van der Waals surface area contributed by atoms with Crippen LogP contribution in [0.2, 0.25) is 0 Å². The second-order valence-corrected chi connectivity index (χ2v) is 6.75. The van der Waals surface area contributed by atoms with Crippen LogP contribution in [-0.4, -0.2) is 38.3 Å². The van der Waals surface area contributed by atoms with Crippen molar-refractivity contribution in [3.63, 3.8) is 0 Å². The molecule has 0 unspecified atom stereocenters. The number of halogens is 1. The molecule has 5 nitrogen and oxygen atoms in total. The molecule has 1 aliphatic rings. The van der Waals surface area contributed by atoms with Crippen LogP contribution in [0, 0.1) is 0 Å². The van der Waals surface area contributed by atoms with Crippen molar-refractivity contribution in [2.75, 3.05) is 0 Å². The predicted octanol–water partition coefficient (Wildman–Crippen LogP) is 2.64. The Kier molecular flexibility index (Phi) is 5.36. The van der Waals surface area contributed by atoms with Crippen LogP contribution < -0.4 is 5.32 Å². The zero-order valence-corrected chi connectivity index (χ0v) is 13.8. The highest BCUT2D eigenvalue weighted by Gasteiger charge is 2.45. The summed E-state index contributed by atoms with van der Waals surface area (Å²) in [5, 5.41) is 14.7. The molecule has 0 radical (unpaired) electrons. The van der Waals surface area contributed by atoms with E-state index in [1.54, 1.807) is 24.5 Å². The predicted molar refractivity (Wildman–Crippen MR) is 83.8 cm³/mol. The molecule has 6 heteroatoms. The summed E-state index contributed by atoms with van der Waals surface area (Å²) in [5.41, 5.74) is -0.113. The van der Waals surface area contributed by atoms with Gasteiger partial charge in [0.1, 0.15) is 0 Å². The fourth-order valence-electron chi connectivity index (χ4n) is 3.14. The number of nitrogens with one attached hydrogen (secondary N) is 1. The maximum Gasteiger partial charge on any atom is 0.251 e. The van der Waals surface area contributed by atoms with Gasteiger partial charge in [0, 0.05) is 35.1 Å². The maximum atomic E-state index is 12.2. The van der Waals surface area contributed by atoms with Crippen molar-refractivity contribution in [3.8, 4) is 0 Å². The van der Waals surface area contributed by atoms with Crippen molar-refractivity contribution in [2.45, 2.75) is 57.7 Å². The molecule has 0 saturated carbocycles. The first-order chi connectivity index (χ1) is 9.22. The minimum atomic E-state index is -0.363. The van der Waals surface area contributed by atoms with E-state index >= 15 is 0 Å². The van der Waals surface area contributed by atoms with Crippen LogP contribution in [-0.2, 0) is 0 Å². The molecular formula is C15H24ClN3O2. The van der Waals surface area contributed by atoms with E-state index in [2.05, 4.69) is 10.3 Å². The number of pyridine rings is 1. The van der Waals surface area contributed by atoms with Crippen LogP contribution in [0.5, 0.6) is 0 Å². The van der Waals surface area contributed by atoms with Gasteiger partial charge in [-0.05, 0) is 52.7 Å². The number of carbonyl (C=O) groups is 1. The van der Waals surface area contributed by atoms with Crippen LogP contribution in [0.4, 0.5) is 0 Å². The lowest BCUT2D eigenvalue weighted by Crippen LogP contribution is -2.62. The summed E-state index contributed by atoms with van der Waals surface area (Å²) < 4.78 is 0. The largest absolute Gasteiger partial charge is 0.349 e. The van der Waals surface area contributed by atoms with E-state index in [-0.39, 0.29) is 35.4 Å². The lowest BCUT2D eigenvalue weighted by Gasteiger charge is -2.51. The van der Waals surface area contributed by atoms with E-state index in [9.17, 15) is 10.0 Å². The molecule has 118 valence electrons. The smallest absolute Gasteiger partial charge is 0.251 e. The SMILES string of the molecule is CC1(C)CC(NC(=O)c2ccncc2)CC(C)(C)N1O.Cl. The number of piperidine rings is 1. The molecule has 1 aromatic heterocycles. The molecule has 21 heavy (non-hydrogen) atoms. The average molecular weight is 314 g/mol. The number of nitrogens with zero attached hydrogens (tertiary/aromatic N) is 2. The lowest BCUT2D eigenvalue weighted by atomic mass is 9.79. The molecule has 0 bridgehead atoms. The number of rotatable bonds is 2. The summed E-state index contributed by atoms with van der Waals surface area (Å²) in [4.78, 5) is 16.1. The number of hydrogen-bond donors (Lipinski definition) is 2. The molecule has 1 fully saturated rings. The number of aromatic nitrogens is 1. The zero-order chi connectivity index (χ0) is 15.0. The summed E-state index contributed by atoms with van der Waals surface area (Å²) in [6, 6.07) is 3.45. The molecule has 2 rings (SSSR count). The summed E-state index contributed by atoms with van der Waals surface area (Å²) in [7, 11) is 0. The van der Waals surface area contributed by atoms with Crippen LogP contribution in [0.1, 0.15) is 50.9 Å². The average Bonchev–Trinajstić information content (AvgIpc) is 2.36. The standard InChI is InChI=1S/C15H23N3O2.ClH/c1-14(2)9-12(10-15(3,4)18(14)20)17-13(19)11-5-7-16-8-6-11;/h5-8,12,20H,9-10H2,1-4H3,(H,17,19);1H. The van der Waals surface area contributed by atoms with E-state index in [4.69, 9.17) is 0 Å². The van der Waals surface area contributed by atoms with Gasteiger partial charge in [0.25, 0.3) is 5.91 Å². The summed E-state index contributed by atoms with van der Waals surface area (Å²) in [6.07, 6.45) is 4.64. The Morgan fingerprint density at radius 3 is 2.19 bits per heavy atom. The highest BCUT2D eigenvalue weighted by atomic mass is 35.5. The molecule has 1 aromatic rings. The minimum Gasteiger partial charge on any atom is -0.349 e. The van der Waals surface area contributed by atoms with Crippen molar-refractivity contribution in [2.24, 2.45) is 0 Å². The van der Waals surface area contributed by atoms with Gasteiger partial charge in [0.15, 0.2) is 0 Å². The normalized spacial score (nSPS) is 21.4. The zero-order valence-electron chi connectivity index (χ0n) is 13.0. The Morgan fingerprint density at radius 2 is 1.71 bits per heavy atom. The van der Waals surface area contributed by atoms with Gasteiger partial charge >= 0.3 is 0 Å². The van der Waals surface area contributed by atoms with Crippen molar-refractivity contribution < 1.29 is 10.0 Å². The van der Waals surface area contributed by atoms with Gasteiger partial charge in [-0.3, -0.25) is 9.78 Å². The first-order valence-corrected chi connectivity index (χ1v) is 6.92. The Hall–Kier alpha value is -1.17. The second kappa shape index (κ2) is 6.30. The van der Waals surface area contributed by atoms with Crippen molar-refractivity contribution in [1.82, 2.24) is 15.4 Å². The van der Waals surface area contributed by atoms with Crippen molar-refractivity contribution in [1.29, 1.82) is 0 Å². The number of carbonyl (C=O) groups excluding carboxylic acids is 1. The summed E-state index contributed by atoms with van der Waals surface area (Å²) in [5.74, 6) is -0.0876. The molecule has 0 atom stereocenters. The maximum absolute atomic E-state index is 12.2. The van der Waals surface area contributed by atoms with Crippen molar-refractivity contribution >= 4 is 18.3 Å². The lowest BCUT2D eigenvalue weighted by molar-refractivity contribution is -0.245. The van der Waals surface area contributed by atoms with E-state index in [1.165, 1.54) is 5.06 Å². The molecule has 1 saturated heterocycles.